The topological polar surface area (TPSA) is 67.4 Å². The van der Waals surface area contributed by atoms with Gasteiger partial charge >= 0.3 is 0 Å². The molecular formula is C15H24N4O2. The second-order valence-corrected chi connectivity index (χ2v) is 5.42. The Morgan fingerprint density at radius 2 is 2.38 bits per heavy atom. The Labute approximate surface area is 125 Å². The molecule has 1 aliphatic rings. The van der Waals surface area contributed by atoms with Crippen LogP contribution in [0.15, 0.2) is 12.4 Å². The Kier molecular flexibility index (Phi) is 5.92. The highest BCUT2D eigenvalue weighted by Gasteiger charge is 2.20. The van der Waals surface area contributed by atoms with Gasteiger partial charge < -0.3 is 15.0 Å². The van der Waals surface area contributed by atoms with Gasteiger partial charge in [0.15, 0.2) is 0 Å². The van der Waals surface area contributed by atoms with E-state index < -0.39 is 0 Å². The van der Waals surface area contributed by atoms with Crippen molar-refractivity contribution >= 4 is 11.7 Å². The van der Waals surface area contributed by atoms with E-state index in [-0.39, 0.29) is 5.91 Å². The molecule has 1 amide bonds. The lowest BCUT2D eigenvalue weighted by Crippen LogP contribution is -2.36. The Morgan fingerprint density at radius 3 is 3.10 bits per heavy atom. The summed E-state index contributed by atoms with van der Waals surface area (Å²) >= 11 is 0. The number of likely N-dealkylation sites (N-methyl/N-ethyl adjacent to an activating group) is 1. The van der Waals surface area contributed by atoms with Crippen molar-refractivity contribution in [2.75, 3.05) is 38.3 Å². The van der Waals surface area contributed by atoms with E-state index in [2.05, 4.69) is 22.2 Å². The lowest BCUT2D eigenvalue weighted by atomic mass is 10.0. The highest BCUT2D eigenvalue weighted by molar-refractivity contribution is 5.80. The van der Waals surface area contributed by atoms with Crippen LogP contribution in [0.4, 0.5) is 5.82 Å². The zero-order valence-electron chi connectivity index (χ0n) is 12.8. The molecule has 1 N–H and O–H groups in total. The number of hydrogen-bond acceptors (Lipinski definition) is 5. The minimum Gasteiger partial charge on any atom is -0.381 e. The fraction of sp³-hybridized carbons (Fsp3) is 0.667. The number of nitrogens with one attached hydrogen (secondary N) is 1. The number of ether oxygens (including phenoxy) is 1. The molecule has 0 radical (unpaired) electrons. The fourth-order valence-corrected chi connectivity index (χ4v) is 2.32. The molecule has 2 rings (SSSR count). The van der Waals surface area contributed by atoms with Gasteiger partial charge in [0.1, 0.15) is 12.1 Å². The average Bonchev–Trinajstić information content (AvgIpc) is 3.02. The van der Waals surface area contributed by atoms with Crippen molar-refractivity contribution in [1.29, 1.82) is 0 Å². The van der Waals surface area contributed by atoms with E-state index in [4.69, 9.17) is 4.74 Å². The summed E-state index contributed by atoms with van der Waals surface area (Å²) in [7, 11) is 1.87. The molecule has 0 saturated carbocycles. The number of amides is 1. The van der Waals surface area contributed by atoms with Crippen molar-refractivity contribution < 1.29 is 9.53 Å². The molecule has 0 aromatic carbocycles. The van der Waals surface area contributed by atoms with Crippen LogP contribution < -0.4 is 10.2 Å². The molecule has 1 saturated heterocycles. The maximum Gasteiger partial charge on any atom is 0.239 e. The first-order valence-electron chi connectivity index (χ1n) is 7.58. The minimum atomic E-state index is 0.0234. The van der Waals surface area contributed by atoms with E-state index in [9.17, 15) is 4.79 Å². The molecular weight excluding hydrogens is 268 g/mol. The highest BCUT2D eigenvalue weighted by atomic mass is 16.5. The van der Waals surface area contributed by atoms with Crippen molar-refractivity contribution in [2.24, 2.45) is 0 Å². The maximum absolute atomic E-state index is 11.8. The molecule has 21 heavy (non-hydrogen) atoms. The lowest BCUT2D eigenvalue weighted by molar-refractivity contribution is -0.119. The van der Waals surface area contributed by atoms with Crippen LogP contribution in [0.5, 0.6) is 0 Å². The first-order chi connectivity index (χ1) is 10.2. The number of carbonyl (C=O) groups is 1. The van der Waals surface area contributed by atoms with E-state index in [0.717, 1.165) is 50.5 Å². The van der Waals surface area contributed by atoms with Gasteiger partial charge in [-0.3, -0.25) is 4.79 Å². The zero-order valence-corrected chi connectivity index (χ0v) is 12.8. The molecule has 0 aliphatic carbocycles. The van der Waals surface area contributed by atoms with Crippen LogP contribution in [0.1, 0.15) is 37.8 Å². The van der Waals surface area contributed by atoms with E-state index in [0.29, 0.717) is 12.5 Å². The Hall–Kier alpha value is -1.69. The second-order valence-electron chi connectivity index (χ2n) is 5.42. The van der Waals surface area contributed by atoms with E-state index >= 15 is 0 Å². The first-order valence-corrected chi connectivity index (χ1v) is 7.58. The van der Waals surface area contributed by atoms with Crippen molar-refractivity contribution in [2.45, 2.75) is 32.1 Å². The standard InChI is InChI=1S/C15H24N4O2/c1-3-4-6-16-15(20)9-19(2)14-8-13(17-11-18-14)12-5-7-21-10-12/h8,11-12H,3-7,9-10H2,1-2H3,(H,16,20). The van der Waals surface area contributed by atoms with Crippen LogP contribution in [-0.2, 0) is 9.53 Å². The summed E-state index contributed by atoms with van der Waals surface area (Å²) < 4.78 is 5.39. The summed E-state index contributed by atoms with van der Waals surface area (Å²) in [6.07, 6.45) is 4.65. The Morgan fingerprint density at radius 1 is 1.52 bits per heavy atom. The summed E-state index contributed by atoms with van der Waals surface area (Å²) in [6.45, 7) is 4.66. The van der Waals surface area contributed by atoms with Gasteiger partial charge in [-0.1, -0.05) is 13.3 Å². The van der Waals surface area contributed by atoms with E-state index in [1.807, 2.05) is 18.0 Å². The van der Waals surface area contributed by atoms with Crippen LogP contribution >= 0.6 is 0 Å². The van der Waals surface area contributed by atoms with Crippen molar-refractivity contribution in [1.82, 2.24) is 15.3 Å². The van der Waals surface area contributed by atoms with Gasteiger partial charge in [0, 0.05) is 32.2 Å². The molecule has 1 aromatic rings. The average molecular weight is 292 g/mol. The molecule has 6 heteroatoms. The van der Waals surface area contributed by atoms with Gasteiger partial charge in [-0.05, 0) is 12.8 Å². The van der Waals surface area contributed by atoms with Crippen molar-refractivity contribution in [3.8, 4) is 0 Å². The SMILES string of the molecule is CCCCNC(=O)CN(C)c1cc(C2CCOC2)ncn1. The summed E-state index contributed by atoms with van der Waals surface area (Å²) in [5.41, 5.74) is 0.996. The van der Waals surface area contributed by atoms with Crippen LogP contribution in [-0.4, -0.2) is 49.2 Å². The molecule has 6 nitrogen and oxygen atoms in total. The molecule has 2 heterocycles. The van der Waals surface area contributed by atoms with Crippen LogP contribution in [0, 0.1) is 0 Å². The number of unbranched alkanes of at least 4 members (excludes halogenated alkanes) is 1. The molecule has 0 spiro atoms. The van der Waals surface area contributed by atoms with E-state index in [1.54, 1.807) is 6.33 Å². The quantitative estimate of drug-likeness (QED) is 0.768. The number of nitrogens with zero attached hydrogens (tertiary/aromatic N) is 3. The largest absolute Gasteiger partial charge is 0.381 e. The van der Waals surface area contributed by atoms with Gasteiger partial charge in [0.05, 0.1) is 18.8 Å². The molecule has 1 fully saturated rings. The molecule has 1 atom stereocenters. The van der Waals surface area contributed by atoms with Gasteiger partial charge in [0.2, 0.25) is 5.91 Å². The molecule has 116 valence electrons. The minimum absolute atomic E-state index is 0.0234. The number of hydrogen-bond donors (Lipinski definition) is 1. The molecule has 1 unspecified atom stereocenters. The van der Waals surface area contributed by atoms with Gasteiger partial charge in [0.25, 0.3) is 0 Å². The molecule has 1 aromatic heterocycles. The third-order valence-electron chi connectivity index (χ3n) is 3.65. The number of anilines is 1. The maximum atomic E-state index is 11.8. The predicted octanol–water partition coefficient (Wildman–Crippen LogP) is 1.33. The molecule has 0 bridgehead atoms. The van der Waals surface area contributed by atoms with Crippen molar-refractivity contribution in [3.05, 3.63) is 18.1 Å². The summed E-state index contributed by atoms with van der Waals surface area (Å²) in [5.74, 6) is 1.14. The summed E-state index contributed by atoms with van der Waals surface area (Å²) in [6, 6.07) is 1.96. The smallest absolute Gasteiger partial charge is 0.239 e. The normalized spacial score (nSPS) is 17.7. The predicted molar refractivity (Wildman–Crippen MR) is 81.4 cm³/mol. The highest BCUT2D eigenvalue weighted by Crippen LogP contribution is 2.24. The number of carbonyl (C=O) groups excluding carboxylic acids is 1. The van der Waals surface area contributed by atoms with Crippen LogP contribution in [0.25, 0.3) is 0 Å². The number of rotatable bonds is 7. The Balaban J connectivity index is 1.90. The summed E-state index contributed by atoms with van der Waals surface area (Å²) in [5, 5.41) is 2.91. The van der Waals surface area contributed by atoms with Gasteiger partial charge in [-0.15, -0.1) is 0 Å². The fourth-order valence-electron chi connectivity index (χ4n) is 2.32. The zero-order chi connectivity index (χ0) is 15.1. The monoisotopic (exact) mass is 292 g/mol. The Bertz CT molecular complexity index is 461. The third kappa shape index (κ3) is 4.67. The number of aromatic nitrogens is 2. The van der Waals surface area contributed by atoms with E-state index in [1.165, 1.54) is 0 Å². The molecule has 1 aliphatic heterocycles. The van der Waals surface area contributed by atoms with Crippen molar-refractivity contribution in [3.63, 3.8) is 0 Å². The van der Waals surface area contributed by atoms with Crippen LogP contribution in [0.2, 0.25) is 0 Å². The second kappa shape index (κ2) is 7.93. The van der Waals surface area contributed by atoms with Gasteiger partial charge in [-0.25, -0.2) is 9.97 Å². The third-order valence-corrected chi connectivity index (χ3v) is 3.65. The lowest BCUT2D eigenvalue weighted by Gasteiger charge is -2.18. The van der Waals surface area contributed by atoms with Crippen LogP contribution in [0.3, 0.4) is 0 Å². The summed E-state index contributed by atoms with van der Waals surface area (Å²) in [4.78, 5) is 22.3. The van der Waals surface area contributed by atoms with Gasteiger partial charge in [-0.2, -0.15) is 0 Å². The first kappa shape index (κ1) is 15.7.